The lowest BCUT2D eigenvalue weighted by molar-refractivity contribution is 0.0950. The normalized spacial score (nSPS) is 10.6. The van der Waals surface area contributed by atoms with Crippen molar-refractivity contribution in [2.75, 3.05) is 32.5 Å². The first-order chi connectivity index (χ1) is 12.0. The molecule has 0 saturated carbocycles. The van der Waals surface area contributed by atoms with Gasteiger partial charge in [0.1, 0.15) is 5.82 Å². The molecular formula is C19H22FN3O2. The van der Waals surface area contributed by atoms with Gasteiger partial charge < -0.3 is 15.5 Å². The molecule has 0 radical (unpaired) electrons. The van der Waals surface area contributed by atoms with Crippen molar-refractivity contribution in [1.82, 2.24) is 10.2 Å². The molecule has 0 atom stereocenters. The van der Waals surface area contributed by atoms with E-state index in [1.54, 1.807) is 24.3 Å². The smallest absolute Gasteiger partial charge is 0.255 e. The van der Waals surface area contributed by atoms with Crippen LogP contribution in [0.1, 0.15) is 27.1 Å². The molecule has 0 aromatic heterocycles. The molecule has 0 bridgehead atoms. The molecule has 2 amide bonds. The minimum absolute atomic E-state index is 0.163. The Morgan fingerprint density at radius 2 is 1.48 bits per heavy atom. The summed E-state index contributed by atoms with van der Waals surface area (Å²) in [5.41, 5.74) is 1.44. The second kappa shape index (κ2) is 8.94. The lowest BCUT2D eigenvalue weighted by Gasteiger charge is -2.10. The molecule has 2 N–H and O–H groups in total. The van der Waals surface area contributed by atoms with Crippen LogP contribution in [0.4, 0.5) is 10.1 Å². The third kappa shape index (κ3) is 6.00. The van der Waals surface area contributed by atoms with Crippen LogP contribution in [0.15, 0.2) is 48.5 Å². The van der Waals surface area contributed by atoms with Crippen LogP contribution in [-0.4, -0.2) is 43.9 Å². The third-order valence-electron chi connectivity index (χ3n) is 3.58. The van der Waals surface area contributed by atoms with E-state index in [1.807, 2.05) is 14.1 Å². The molecule has 2 aromatic carbocycles. The lowest BCUT2D eigenvalue weighted by atomic mass is 10.1. The van der Waals surface area contributed by atoms with E-state index < -0.39 is 0 Å². The largest absolute Gasteiger partial charge is 0.352 e. The lowest BCUT2D eigenvalue weighted by Crippen LogP contribution is -2.27. The standard InChI is InChI=1S/C19H22FN3O2/c1-23(2)13-3-12-21-18(24)14-4-6-15(7-5-14)19(25)22-17-10-8-16(20)9-11-17/h4-11H,3,12-13H2,1-2H3,(H,21,24)(H,22,25). The first-order valence-electron chi connectivity index (χ1n) is 8.05. The molecule has 0 heterocycles. The number of nitrogens with zero attached hydrogens (tertiary/aromatic N) is 1. The number of carbonyl (C=O) groups is 2. The molecule has 132 valence electrons. The topological polar surface area (TPSA) is 61.4 Å². The highest BCUT2D eigenvalue weighted by Gasteiger charge is 2.09. The molecular weight excluding hydrogens is 321 g/mol. The van der Waals surface area contributed by atoms with Crippen molar-refractivity contribution in [2.45, 2.75) is 6.42 Å². The summed E-state index contributed by atoms with van der Waals surface area (Å²) in [5.74, 6) is -0.840. The molecule has 0 aliphatic heterocycles. The van der Waals surface area contributed by atoms with Gasteiger partial charge in [0.25, 0.3) is 11.8 Å². The zero-order valence-corrected chi connectivity index (χ0v) is 14.4. The molecule has 5 nitrogen and oxygen atoms in total. The first kappa shape index (κ1) is 18.6. The fourth-order valence-corrected chi connectivity index (χ4v) is 2.21. The molecule has 2 aromatic rings. The minimum Gasteiger partial charge on any atom is -0.352 e. The zero-order chi connectivity index (χ0) is 18.2. The van der Waals surface area contributed by atoms with Crippen LogP contribution in [0.2, 0.25) is 0 Å². The van der Waals surface area contributed by atoms with Crippen molar-refractivity contribution in [1.29, 1.82) is 0 Å². The van der Waals surface area contributed by atoms with E-state index in [4.69, 9.17) is 0 Å². The summed E-state index contributed by atoms with van der Waals surface area (Å²) in [4.78, 5) is 26.2. The molecule has 2 rings (SSSR count). The molecule has 0 aliphatic carbocycles. The van der Waals surface area contributed by atoms with E-state index in [9.17, 15) is 14.0 Å². The Morgan fingerprint density at radius 1 is 0.920 bits per heavy atom. The summed E-state index contributed by atoms with van der Waals surface area (Å²) >= 11 is 0. The predicted octanol–water partition coefficient (Wildman–Crippen LogP) is 2.76. The highest BCUT2D eigenvalue weighted by atomic mass is 19.1. The molecule has 0 fully saturated rings. The summed E-state index contributed by atoms with van der Waals surface area (Å²) in [6, 6.07) is 11.9. The number of anilines is 1. The maximum Gasteiger partial charge on any atom is 0.255 e. The Bertz CT molecular complexity index is 712. The van der Waals surface area contributed by atoms with Gasteiger partial charge in [0.2, 0.25) is 0 Å². The van der Waals surface area contributed by atoms with Crippen LogP contribution < -0.4 is 10.6 Å². The van der Waals surface area contributed by atoms with Gasteiger partial charge in [-0.3, -0.25) is 9.59 Å². The van der Waals surface area contributed by atoms with Crippen LogP contribution in [0, 0.1) is 5.82 Å². The quantitative estimate of drug-likeness (QED) is 0.760. The number of hydrogen-bond donors (Lipinski definition) is 2. The van der Waals surface area contributed by atoms with Gasteiger partial charge >= 0.3 is 0 Å². The van der Waals surface area contributed by atoms with Crippen molar-refractivity contribution in [2.24, 2.45) is 0 Å². The van der Waals surface area contributed by atoms with E-state index in [1.165, 1.54) is 24.3 Å². The fraction of sp³-hybridized carbons (Fsp3) is 0.263. The van der Waals surface area contributed by atoms with Crippen LogP contribution in [0.5, 0.6) is 0 Å². The van der Waals surface area contributed by atoms with Crippen LogP contribution >= 0.6 is 0 Å². The summed E-state index contributed by atoms with van der Waals surface area (Å²) in [5, 5.41) is 5.52. The van der Waals surface area contributed by atoms with Gasteiger partial charge in [-0.1, -0.05) is 0 Å². The molecule has 0 spiro atoms. The SMILES string of the molecule is CN(C)CCCNC(=O)c1ccc(C(=O)Nc2ccc(F)cc2)cc1. The number of carbonyl (C=O) groups excluding carboxylic acids is 2. The Kier molecular flexibility index (Phi) is 6.65. The highest BCUT2D eigenvalue weighted by molar-refractivity contribution is 6.05. The second-order valence-electron chi connectivity index (χ2n) is 5.95. The van der Waals surface area contributed by atoms with E-state index in [-0.39, 0.29) is 17.6 Å². The van der Waals surface area contributed by atoms with Gasteiger partial charge in [-0.05, 0) is 75.6 Å². The van der Waals surface area contributed by atoms with Gasteiger partial charge in [0.05, 0.1) is 0 Å². The fourth-order valence-electron chi connectivity index (χ4n) is 2.21. The summed E-state index contributed by atoms with van der Waals surface area (Å²) in [6.07, 6.45) is 0.872. The number of rotatable bonds is 7. The Morgan fingerprint density at radius 3 is 2.04 bits per heavy atom. The number of amides is 2. The Hall–Kier alpha value is -2.73. The van der Waals surface area contributed by atoms with E-state index in [0.29, 0.717) is 23.4 Å². The number of nitrogens with one attached hydrogen (secondary N) is 2. The van der Waals surface area contributed by atoms with Gasteiger partial charge in [0.15, 0.2) is 0 Å². The van der Waals surface area contributed by atoms with Gasteiger partial charge in [-0.25, -0.2) is 4.39 Å². The number of hydrogen-bond acceptors (Lipinski definition) is 3. The van der Waals surface area contributed by atoms with E-state index >= 15 is 0 Å². The zero-order valence-electron chi connectivity index (χ0n) is 14.4. The number of benzene rings is 2. The Balaban J connectivity index is 1.89. The second-order valence-corrected chi connectivity index (χ2v) is 5.95. The molecule has 6 heteroatoms. The van der Waals surface area contributed by atoms with Gasteiger partial charge in [-0.2, -0.15) is 0 Å². The van der Waals surface area contributed by atoms with E-state index in [2.05, 4.69) is 15.5 Å². The van der Waals surface area contributed by atoms with Crippen molar-refractivity contribution < 1.29 is 14.0 Å². The minimum atomic E-state index is -0.362. The monoisotopic (exact) mass is 343 g/mol. The highest BCUT2D eigenvalue weighted by Crippen LogP contribution is 2.11. The summed E-state index contributed by atoms with van der Waals surface area (Å²) < 4.78 is 12.9. The maximum absolute atomic E-state index is 12.9. The van der Waals surface area contributed by atoms with Crippen LogP contribution in [0.3, 0.4) is 0 Å². The van der Waals surface area contributed by atoms with Crippen molar-refractivity contribution in [3.05, 3.63) is 65.5 Å². The number of halogens is 1. The summed E-state index contributed by atoms with van der Waals surface area (Å²) in [7, 11) is 3.97. The predicted molar refractivity (Wildman–Crippen MR) is 96.3 cm³/mol. The Labute approximate surface area is 146 Å². The third-order valence-corrected chi connectivity index (χ3v) is 3.58. The van der Waals surface area contributed by atoms with Crippen LogP contribution in [-0.2, 0) is 0 Å². The maximum atomic E-state index is 12.9. The average Bonchev–Trinajstić information content (AvgIpc) is 2.60. The van der Waals surface area contributed by atoms with Crippen LogP contribution in [0.25, 0.3) is 0 Å². The van der Waals surface area contributed by atoms with Crippen molar-refractivity contribution in [3.63, 3.8) is 0 Å². The van der Waals surface area contributed by atoms with Gasteiger partial charge in [-0.15, -0.1) is 0 Å². The molecule has 0 unspecified atom stereocenters. The van der Waals surface area contributed by atoms with Crippen molar-refractivity contribution >= 4 is 17.5 Å². The van der Waals surface area contributed by atoms with E-state index in [0.717, 1.165) is 13.0 Å². The average molecular weight is 343 g/mol. The summed E-state index contributed by atoms with van der Waals surface area (Å²) in [6.45, 7) is 1.51. The van der Waals surface area contributed by atoms with Crippen molar-refractivity contribution in [3.8, 4) is 0 Å². The first-order valence-corrected chi connectivity index (χ1v) is 8.05. The molecule has 25 heavy (non-hydrogen) atoms. The van der Waals surface area contributed by atoms with Gasteiger partial charge in [0, 0.05) is 23.4 Å². The molecule has 0 saturated heterocycles. The molecule has 0 aliphatic rings.